The van der Waals surface area contributed by atoms with Crippen LogP contribution < -0.4 is 11.3 Å². The van der Waals surface area contributed by atoms with E-state index in [0.29, 0.717) is 6.04 Å². The Morgan fingerprint density at radius 2 is 2.15 bits per heavy atom. The first-order chi connectivity index (χ1) is 9.70. The number of nitrogens with two attached hydrogens (primary N) is 1. The minimum absolute atomic E-state index is 0.165. The van der Waals surface area contributed by atoms with Crippen molar-refractivity contribution in [1.82, 2.24) is 25.2 Å². The highest BCUT2D eigenvalue weighted by Crippen LogP contribution is 2.10. The van der Waals surface area contributed by atoms with Crippen LogP contribution in [0, 0.1) is 0 Å². The van der Waals surface area contributed by atoms with Crippen molar-refractivity contribution in [2.45, 2.75) is 45.2 Å². The first kappa shape index (κ1) is 14.6. The summed E-state index contributed by atoms with van der Waals surface area (Å²) in [4.78, 5) is 8.65. The van der Waals surface area contributed by atoms with Gasteiger partial charge in [0.2, 0.25) is 0 Å². The summed E-state index contributed by atoms with van der Waals surface area (Å²) in [6.45, 7) is 4.19. The maximum absolute atomic E-state index is 5.65. The molecule has 0 saturated carbocycles. The summed E-state index contributed by atoms with van der Waals surface area (Å²) in [6, 6.07) is 6.43. The molecule has 0 aliphatic carbocycles. The van der Waals surface area contributed by atoms with E-state index in [9.17, 15) is 0 Å². The van der Waals surface area contributed by atoms with Crippen LogP contribution in [0.3, 0.4) is 0 Å². The average molecular weight is 274 g/mol. The van der Waals surface area contributed by atoms with Gasteiger partial charge in [0.05, 0.1) is 0 Å². The second-order valence-corrected chi connectivity index (χ2v) is 5.14. The first-order valence-electron chi connectivity index (χ1n) is 6.95. The van der Waals surface area contributed by atoms with Crippen LogP contribution in [0.25, 0.3) is 0 Å². The molecule has 2 aromatic heterocycles. The fraction of sp³-hybridized carbons (Fsp3) is 0.500. The molecule has 3 N–H and O–H groups in total. The molecule has 0 spiro atoms. The van der Waals surface area contributed by atoms with Gasteiger partial charge in [0.25, 0.3) is 0 Å². The van der Waals surface area contributed by atoms with Crippen LogP contribution in [-0.4, -0.2) is 25.8 Å². The minimum Gasteiger partial charge on any atom is -0.271 e. The Morgan fingerprint density at radius 3 is 2.80 bits per heavy atom. The lowest BCUT2D eigenvalue weighted by molar-refractivity contribution is 0.443. The molecule has 2 aromatic rings. The third-order valence-corrected chi connectivity index (χ3v) is 3.28. The lowest BCUT2D eigenvalue weighted by Gasteiger charge is -2.16. The molecule has 2 heterocycles. The van der Waals surface area contributed by atoms with Crippen LogP contribution in [-0.2, 0) is 12.8 Å². The molecule has 0 fully saturated rings. The second-order valence-electron chi connectivity index (χ2n) is 5.14. The minimum atomic E-state index is 0.165. The molecule has 0 amide bonds. The van der Waals surface area contributed by atoms with Gasteiger partial charge in [-0.25, -0.2) is 9.67 Å². The van der Waals surface area contributed by atoms with Crippen LogP contribution in [0.5, 0.6) is 0 Å². The summed E-state index contributed by atoms with van der Waals surface area (Å²) in [5, 5.41) is 4.25. The predicted molar refractivity (Wildman–Crippen MR) is 77.8 cm³/mol. The van der Waals surface area contributed by atoms with E-state index in [-0.39, 0.29) is 6.04 Å². The number of aryl methyl sites for hydroxylation is 1. The standard InChI is InChI=1S/C14H22N6/c1-11(2)20-14(17-10-18-20)9-13(19-15)7-6-12-5-3-4-8-16-12/h3-5,8,10-11,13,19H,6-7,9,15H2,1-2H3. The molecule has 0 aliphatic rings. The van der Waals surface area contributed by atoms with E-state index in [1.807, 2.05) is 29.1 Å². The third-order valence-electron chi connectivity index (χ3n) is 3.28. The van der Waals surface area contributed by atoms with Gasteiger partial charge >= 0.3 is 0 Å². The quantitative estimate of drug-likeness (QED) is 0.587. The molecule has 2 rings (SSSR count). The highest BCUT2D eigenvalue weighted by atomic mass is 15.3. The molecule has 0 saturated heterocycles. The number of nitrogens with zero attached hydrogens (tertiary/aromatic N) is 4. The molecule has 0 aromatic carbocycles. The summed E-state index contributed by atoms with van der Waals surface area (Å²) in [7, 11) is 0. The van der Waals surface area contributed by atoms with E-state index in [2.05, 4.69) is 34.3 Å². The van der Waals surface area contributed by atoms with E-state index in [0.717, 1.165) is 30.8 Å². The van der Waals surface area contributed by atoms with Crippen molar-refractivity contribution in [3.63, 3.8) is 0 Å². The van der Waals surface area contributed by atoms with Gasteiger partial charge in [-0.05, 0) is 38.8 Å². The number of hydrogen-bond acceptors (Lipinski definition) is 5. The number of pyridine rings is 1. The van der Waals surface area contributed by atoms with Crippen molar-refractivity contribution in [2.75, 3.05) is 0 Å². The molecule has 20 heavy (non-hydrogen) atoms. The number of aromatic nitrogens is 4. The number of hydrazine groups is 1. The Hall–Kier alpha value is -1.79. The first-order valence-corrected chi connectivity index (χ1v) is 6.95. The summed E-state index contributed by atoms with van der Waals surface area (Å²) < 4.78 is 1.94. The molecule has 0 aliphatic heterocycles. The maximum Gasteiger partial charge on any atom is 0.138 e. The van der Waals surface area contributed by atoms with Crippen LogP contribution >= 0.6 is 0 Å². The van der Waals surface area contributed by atoms with Crippen molar-refractivity contribution in [3.8, 4) is 0 Å². The van der Waals surface area contributed by atoms with E-state index in [1.165, 1.54) is 0 Å². The Labute approximate surface area is 119 Å². The van der Waals surface area contributed by atoms with Crippen molar-refractivity contribution in [3.05, 3.63) is 42.2 Å². The van der Waals surface area contributed by atoms with E-state index < -0.39 is 0 Å². The van der Waals surface area contributed by atoms with Gasteiger partial charge in [0.15, 0.2) is 0 Å². The van der Waals surface area contributed by atoms with Crippen LogP contribution in [0.1, 0.15) is 37.8 Å². The van der Waals surface area contributed by atoms with Crippen molar-refractivity contribution >= 4 is 0 Å². The van der Waals surface area contributed by atoms with Crippen LogP contribution in [0.15, 0.2) is 30.7 Å². The molecule has 1 atom stereocenters. The molecule has 0 bridgehead atoms. The number of nitrogens with one attached hydrogen (secondary N) is 1. The lowest BCUT2D eigenvalue weighted by Crippen LogP contribution is -2.38. The summed E-state index contributed by atoms with van der Waals surface area (Å²) in [6.07, 6.45) is 5.99. The van der Waals surface area contributed by atoms with Gasteiger partial charge in [-0.1, -0.05) is 6.07 Å². The van der Waals surface area contributed by atoms with Crippen molar-refractivity contribution < 1.29 is 0 Å². The second kappa shape index (κ2) is 7.12. The molecule has 6 heteroatoms. The molecular weight excluding hydrogens is 252 g/mol. The van der Waals surface area contributed by atoms with Crippen LogP contribution in [0.2, 0.25) is 0 Å². The number of rotatable bonds is 7. The van der Waals surface area contributed by atoms with Crippen molar-refractivity contribution in [1.29, 1.82) is 0 Å². The Morgan fingerprint density at radius 1 is 1.30 bits per heavy atom. The molecular formula is C14H22N6. The van der Waals surface area contributed by atoms with Gasteiger partial charge < -0.3 is 0 Å². The van der Waals surface area contributed by atoms with Gasteiger partial charge in [-0.15, -0.1) is 0 Å². The maximum atomic E-state index is 5.65. The fourth-order valence-electron chi connectivity index (χ4n) is 2.18. The average Bonchev–Trinajstić information content (AvgIpc) is 2.93. The summed E-state index contributed by atoms with van der Waals surface area (Å²) >= 11 is 0. The van der Waals surface area contributed by atoms with Gasteiger partial charge in [0, 0.05) is 30.4 Å². The lowest BCUT2D eigenvalue weighted by atomic mass is 10.1. The topological polar surface area (TPSA) is 81.7 Å². The zero-order valence-electron chi connectivity index (χ0n) is 12.0. The smallest absolute Gasteiger partial charge is 0.138 e. The third kappa shape index (κ3) is 3.85. The molecule has 6 nitrogen and oxygen atoms in total. The van der Waals surface area contributed by atoms with Gasteiger partial charge in [-0.3, -0.25) is 16.3 Å². The highest BCUT2D eigenvalue weighted by molar-refractivity contribution is 5.04. The van der Waals surface area contributed by atoms with E-state index in [1.54, 1.807) is 6.33 Å². The van der Waals surface area contributed by atoms with Gasteiger partial charge in [0.1, 0.15) is 12.2 Å². The Bertz CT molecular complexity index is 507. The van der Waals surface area contributed by atoms with Crippen LogP contribution in [0.4, 0.5) is 0 Å². The monoisotopic (exact) mass is 274 g/mol. The molecule has 108 valence electrons. The SMILES string of the molecule is CC(C)n1ncnc1CC(CCc1ccccn1)NN. The zero-order valence-corrected chi connectivity index (χ0v) is 12.0. The summed E-state index contributed by atoms with van der Waals surface area (Å²) in [5.41, 5.74) is 3.95. The predicted octanol–water partition coefficient (Wildman–Crippen LogP) is 1.26. The largest absolute Gasteiger partial charge is 0.271 e. The molecule has 0 radical (unpaired) electrons. The zero-order chi connectivity index (χ0) is 14.4. The van der Waals surface area contributed by atoms with E-state index >= 15 is 0 Å². The Kier molecular flexibility index (Phi) is 5.20. The Balaban J connectivity index is 1.93. The summed E-state index contributed by atoms with van der Waals surface area (Å²) in [5.74, 6) is 6.61. The van der Waals surface area contributed by atoms with Gasteiger partial charge in [-0.2, -0.15) is 5.10 Å². The number of hydrogen-bond donors (Lipinski definition) is 2. The van der Waals surface area contributed by atoms with E-state index in [4.69, 9.17) is 5.84 Å². The van der Waals surface area contributed by atoms with Crippen molar-refractivity contribution in [2.24, 2.45) is 5.84 Å². The molecule has 1 unspecified atom stereocenters. The fourth-order valence-corrected chi connectivity index (χ4v) is 2.18. The highest BCUT2D eigenvalue weighted by Gasteiger charge is 2.14. The normalized spacial score (nSPS) is 12.8.